The summed E-state index contributed by atoms with van der Waals surface area (Å²) in [7, 11) is -3.66. The van der Waals surface area contributed by atoms with E-state index >= 15 is 0 Å². The van der Waals surface area contributed by atoms with Crippen molar-refractivity contribution in [2.45, 2.75) is 0 Å². The zero-order valence-corrected chi connectivity index (χ0v) is 16.8. The number of aromatic carboxylic acids is 1. The number of carboxylic acids is 1. The van der Waals surface area contributed by atoms with Crippen molar-refractivity contribution in [1.82, 2.24) is 10.3 Å². The fourth-order valence-electron chi connectivity index (χ4n) is 3.43. The maximum atomic E-state index is 13.3. The van der Waals surface area contributed by atoms with Crippen LogP contribution in [-0.2, 0) is 10.0 Å². The van der Waals surface area contributed by atoms with Gasteiger partial charge in [0.2, 0.25) is 15.7 Å². The summed E-state index contributed by atoms with van der Waals surface area (Å²) < 4.78 is 44.9. The second kappa shape index (κ2) is 7.22. The van der Waals surface area contributed by atoms with Crippen LogP contribution in [0.5, 0.6) is 0 Å². The number of nitrogens with zero attached hydrogens (tertiary/aromatic N) is 2. The Morgan fingerprint density at radius 2 is 2.03 bits per heavy atom. The van der Waals surface area contributed by atoms with Crippen LogP contribution in [0.15, 0.2) is 41.3 Å². The minimum absolute atomic E-state index is 0.0117. The van der Waals surface area contributed by atoms with E-state index in [2.05, 4.69) is 16.9 Å². The van der Waals surface area contributed by atoms with E-state index in [0.717, 1.165) is 10.6 Å². The summed E-state index contributed by atoms with van der Waals surface area (Å²) >= 11 is 0. The molecule has 0 unspecified atom stereocenters. The Morgan fingerprint density at radius 1 is 1.33 bits per heavy atom. The number of rotatable bonds is 3. The summed E-state index contributed by atoms with van der Waals surface area (Å²) in [5, 5.41) is 13.1. The number of anilines is 1. The number of carboxylic acid groups (broad SMARTS) is 1. The van der Waals surface area contributed by atoms with Crippen molar-refractivity contribution < 1.29 is 27.1 Å². The van der Waals surface area contributed by atoms with Gasteiger partial charge in [-0.05, 0) is 35.9 Å². The number of hydrogen-bond donors (Lipinski definition) is 2. The van der Waals surface area contributed by atoms with E-state index in [-0.39, 0.29) is 34.8 Å². The molecule has 1 aliphatic rings. The van der Waals surface area contributed by atoms with Crippen LogP contribution < -0.4 is 9.62 Å². The van der Waals surface area contributed by atoms with E-state index in [9.17, 15) is 22.7 Å². The molecule has 3 aromatic rings. The van der Waals surface area contributed by atoms with E-state index in [1.165, 1.54) is 30.3 Å². The Morgan fingerprint density at radius 3 is 2.67 bits per heavy atom. The zero-order valence-electron chi connectivity index (χ0n) is 16.0. The smallest absolute Gasteiger partial charge is 0.340 e. The molecular weight excluding hydrogens is 413 g/mol. The van der Waals surface area contributed by atoms with Gasteiger partial charge in [-0.3, -0.25) is 4.31 Å². The first kappa shape index (κ1) is 20.0. The topological polar surface area (TPSA) is 113 Å². The first-order valence-corrected chi connectivity index (χ1v) is 10.8. The highest BCUT2D eigenvalue weighted by atomic mass is 32.2. The van der Waals surface area contributed by atoms with E-state index < -0.39 is 21.8 Å². The van der Waals surface area contributed by atoms with Crippen molar-refractivity contribution in [2.24, 2.45) is 0 Å². The van der Waals surface area contributed by atoms with E-state index in [1.807, 2.05) is 0 Å². The monoisotopic (exact) mass is 431 g/mol. The van der Waals surface area contributed by atoms with Gasteiger partial charge >= 0.3 is 5.97 Å². The molecule has 0 aliphatic carbocycles. The van der Waals surface area contributed by atoms with E-state index in [0.29, 0.717) is 29.8 Å². The molecule has 0 saturated carbocycles. The van der Waals surface area contributed by atoms with Crippen LogP contribution in [0.25, 0.3) is 28.0 Å². The maximum absolute atomic E-state index is 13.3. The van der Waals surface area contributed by atoms with Gasteiger partial charge in [-0.15, -0.1) is 0 Å². The maximum Gasteiger partial charge on any atom is 0.340 e. The number of pyridine rings is 1. The second-order valence-electron chi connectivity index (χ2n) is 6.95. The highest BCUT2D eigenvalue weighted by Gasteiger charge is 2.29. The van der Waals surface area contributed by atoms with Crippen LogP contribution in [0, 0.1) is 5.82 Å². The number of hydrogen-bond acceptors (Lipinski definition) is 6. The molecule has 0 amide bonds. The van der Waals surface area contributed by atoms with E-state index in [1.54, 1.807) is 0 Å². The molecule has 0 radical (unpaired) electrons. The number of fused-ring (bicyclic) bond motifs is 2. The van der Waals surface area contributed by atoms with Crippen LogP contribution in [0.4, 0.5) is 10.2 Å². The molecular formula is C20H18FN3O5S. The predicted molar refractivity (Wildman–Crippen MR) is 110 cm³/mol. The lowest BCUT2D eigenvalue weighted by atomic mass is 10.0. The van der Waals surface area contributed by atoms with Gasteiger partial charge < -0.3 is 14.8 Å². The number of nitrogens with one attached hydrogen (secondary N) is 1. The average Bonchev–Trinajstić information content (AvgIpc) is 3.03. The van der Waals surface area contributed by atoms with Gasteiger partial charge in [-0.25, -0.2) is 17.6 Å². The van der Waals surface area contributed by atoms with Gasteiger partial charge in [0, 0.05) is 30.8 Å². The Kier molecular flexibility index (Phi) is 4.83. The third kappa shape index (κ3) is 3.44. The number of furan rings is 1. The number of sulfonamides is 1. The molecule has 10 heteroatoms. The number of benzene rings is 1. The first-order chi connectivity index (χ1) is 14.2. The lowest BCUT2D eigenvalue weighted by Crippen LogP contribution is -2.39. The minimum atomic E-state index is -3.66. The van der Waals surface area contributed by atoms with Crippen LogP contribution in [0.1, 0.15) is 15.9 Å². The standard InChI is InChI=1S/C20H18FN3O5S/c1-11-10-22-7-8-24(30(2,27)28)18-14(11)9-15-16(20(25)26)17(29-19(15)23-18)12-3-5-13(21)6-4-12/h3-6,9,22H,1,7-8,10H2,2H3,(H,25,26). The molecule has 1 aromatic carbocycles. The normalized spacial score (nSPS) is 15.0. The van der Waals surface area contributed by atoms with Crippen molar-refractivity contribution in [3.63, 3.8) is 0 Å². The highest BCUT2D eigenvalue weighted by molar-refractivity contribution is 7.92. The first-order valence-electron chi connectivity index (χ1n) is 9.00. The summed E-state index contributed by atoms with van der Waals surface area (Å²) in [4.78, 5) is 16.4. The molecule has 0 bridgehead atoms. The SMILES string of the molecule is C=C1CNCCN(S(C)(=O)=O)c2nc3oc(-c4ccc(F)cc4)c(C(=O)O)c3cc21. The molecule has 0 saturated heterocycles. The third-order valence-electron chi connectivity index (χ3n) is 4.83. The Bertz CT molecular complexity index is 1280. The van der Waals surface area contributed by atoms with Gasteiger partial charge in [0.25, 0.3) is 0 Å². The second-order valence-corrected chi connectivity index (χ2v) is 8.85. The molecule has 156 valence electrons. The lowest BCUT2D eigenvalue weighted by Gasteiger charge is -2.27. The van der Waals surface area contributed by atoms with Gasteiger partial charge in [-0.1, -0.05) is 6.58 Å². The number of halogens is 1. The molecule has 0 atom stereocenters. The van der Waals surface area contributed by atoms with Crippen molar-refractivity contribution in [1.29, 1.82) is 0 Å². The highest BCUT2D eigenvalue weighted by Crippen LogP contribution is 2.37. The van der Waals surface area contributed by atoms with Gasteiger partial charge in [0.1, 0.15) is 11.4 Å². The molecule has 0 spiro atoms. The van der Waals surface area contributed by atoms with Crippen LogP contribution in [0.3, 0.4) is 0 Å². The molecule has 8 nitrogen and oxygen atoms in total. The Hall–Kier alpha value is -3.24. The lowest BCUT2D eigenvalue weighted by molar-refractivity contribution is 0.0699. The summed E-state index contributed by atoms with van der Waals surface area (Å²) in [6.45, 7) is 4.92. The third-order valence-corrected chi connectivity index (χ3v) is 5.99. The molecule has 3 heterocycles. The molecule has 2 N–H and O–H groups in total. The summed E-state index contributed by atoms with van der Waals surface area (Å²) in [6, 6.07) is 6.73. The Labute approximate surface area is 171 Å². The van der Waals surface area contributed by atoms with Gasteiger partial charge in [0.15, 0.2) is 11.6 Å². The van der Waals surface area contributed by atoms with Crippen LogP contribution in [-0.4, -0.2) is 50.4 Å². The van der Waals surface area contributed by atoms with Crippen molar-refractivity contribution in [3.8, 4) is 11.3 Å². The van der Waals surface area contributed by atoms with Crippen LogP contribution >= 0.6 is 0 Å². The van der Waals surface area contributed by atoms with Crippen molar-refractivity contribution in [3.05, 3.63) is 53.9 Å². The number of aromatic nitrogens is 1. The van der Waals surface area contributed by atoms with Gasteiger partial charge in [0.05, 0.1) is 11.6 Å². The summed E-state index contributed by atoms with van der Waals surface area (Å²) in [5.41, 5.74) is 1.17. The van der Waals surface area contributed by atoms with Crippen molar-refractivity contribution in [2.75, 3.05) is 30.2 Å². The van der Waals surface area contributed by atoms with Crippen molar-refractivity contribution >= 4 is 38.5 Å². The molecule has 1 aliphatic heterocycles. The minimum Gasteiger partial charge on any atom is -0.478 e. The zero-order chi connectivity index (χ0) is 21.6. The molecule has 4 rings (SSSR count). The number of carbonyl (C=O) groups is 1. The predicted octanol–water partition coefficient (Wildman–Crippen LogP) is 2.71. The molecule has 0 fully saturated rings. The van der Waals surface area contributed by atoms with E-state index in [4.69, 9.17) is 4.42 Å². The fraction of sp³-hybridized carbons (Fsp3) is 0.200. The summed E-state index contributed by atoms with van der Waals surface area (Å²) in [6.07, 6.45) is 1.07. The average molecular weight is 431 g/mol. The quantitative estimate of drug-likeness (QED) is 0.656. The molecule has 2 aromatic heterocycles. The largest absolute Gasteiger partial charge is 0.478 e. The molecule has 30 heavy (non-hydrogen) atoms. The van der Waals surface area contributed by atoms with Crippen LogP contribution in [0.2, 0.25) is 0 Å². The summed E-state index contributed by atoms with van der Waals surface area (Å²) in [5.74, 6) is -1.57. The van der Waals surface area contributed by atoms with Gasteiger partial charge in [-0.2, -0.15) is 4.98 Å². The Balaban J connectivity index is 2.03. The fourth-order valence-corrected chi connectivity index (χ4v) is 4.30.